The quantitative estimate of drug-likeness (QED) is 0.495. The maximum Gasteiger partial charge on any atom is 0.193 e. The standard InChI is InChI=1S/C13H10O.2C4H10.4CH4/c14-13(11-7-3-1-4-8-11)12-9-5-2-6-10-12;2*1-3-4-2;;;;/h1-10H;2*3-4H2,1-2H3;4*1H4. The highest BCUT2D eigenvalue weighted by molar-refractivity contribution is 6.08. The molecule has 2 rings (SSSR count). The van der Waals surface area contributed by atoms with Gasteiger partial charge in [-0.2, -0.15) is 0 Å². The topological polar surface area (TPSA) is 17.1 Å². The molecule has 0 bridgehead atoms. The van der Waals surface area contributed by atoms with E-state index in [0.717, 1.165) is 11.1 Å². The third-order valence-corrected chi connectivity index (χ3v) is 3.07. The van der Waals surface area contributed by atoms with Crippen LogP contribution in [0.15, 0.2) is 60.7 Å². The van der Waals surface area contributed by atoms with Gasteiger partial charge in [0.15, 0.2) is 5.78 Å². The van der Waals surface area contributed by atoms with Crippen molar-refractivity contribution in [2.75, 3.05) is 0 Å². The summed E-state index contributed by atoms with van der Waals surface area (Å²) in [6.45, 7) is 8.72. The number of hydrogen-bond donors (Lipinski definition) is 0. The minimum atomic E-state index is 0. The van der Waals surface area contributed by atoms with Gasteiger partial charge in [-0.25, -0.2) is 0 Å². The molecule has 0 saturated carbocycles. The van der Waals surface area contributed by atoms with Gasteiger partial charge in [-0.3, -0.25) is 4.79 Å². The summed E-state index contributed by atoms with van der Waals surface area (Å²) in [7, 11) is 0. The summed E-state index contributed by atoms with van der Waals surface area (Å²) in [5.74, 6) is 0.0752. The van der Waals surface area contributed by atoms with Crippen molar-refractivity contribution in [3.05, 3.63) is 71.8 Å². The molecule has 0 aliphatic heterocycles. The number of carbonyl (C=O) groups excluding carboxylic acids is 1. The fourth-order valence-corrected chi connectivity index (χ4v) is 1.35. The van der Waals surface area contributed by atoms with E-state index in [4.69, 9.17) is 0 Å². The van der Waals surface area contributed by atoms with E-state index in [1.165, 1.54) is 25.7 Å². The molecule has 0 unspecified atom stereocenters. The van der Waals surface area contributed by atoms with Crippen molar-refractivity contribution in [1.29, 1.82) is 0 Å². The summed E-state index contributed by atoms with van der Waals surface area (Å²) in [4.78, 5) is 11.8. The van der Waals surface area contributed by atoms with Crippen LogP contribution < -0.4 is 0 Å². The van der Waals surface area contributed by atoms with E-state index in [9.17, 15) is 4.79 Å². The van der Waals surface area contributed by atoms with Crippen molar-refractivity contribution in [2.45, 2.75) is 83.1 Å². The van der Waals surface area contributed by atoms with E-state index < -0.39 is 0 Å². The summed E-state index contributed by atoms with van der Waals surface area (Å²) in [5, 5.41) is 0. The summed E-state index contributed by atoms with van der Waals surface area (Å²) in [6, 6.07) is 18.6. The maximum atomic E-state index is 11.8. The molecule has 0 amide bonds. The van der Waals surface area contributed by atoms with Crippen LogP contribution >= 0.6 is 0 Å². The van der Waals surface area contributed by atoms with Crippen molar-refractivity contribution in [1.82, 2.24) is 0 Å². The highest BCUT2D eigenvalue weighted by Crippen LogP contribution is 2.08. The van der Waals surface area contributed by atoms with Crippen molar-refractivity contribution < 1.29 is 4.79 Å². The Morgan fingerprint density at radius 1 is 0.538 bits per heavy atom. The van der Waals surface area contributed by atoms with Crippen LogP contribution in [0.2, 0.25) is 0 Å². The van der Waals surface area contributed by atoms with Gasteiger partial charge in [0.1, 0.15) is 0 Å². The summed E-state index contributed by atoms with van der Waals surface area (Å²) in [6.07, 6.45) is 5.28. The molecule has 152 valence electrons. The fourth-order valence-electron chi connectivity index (χ4n) is 1.35. The van der Waals surface area contributed by atoms with Crippen LogP contribution in [-0.4, -0.2) is 5.78 Å². The zero-order valence-corrected chi connectivity index (χ0v) is 14.5. The second kappa shape index (κ2) is 25.4. The van der Waals surface area contributed by atoms with E-state index in [1.807, 2.05) is 60.7 Å². The first-order chi connectivity index (χ1) is 10.7. The molecule has 2 aromatic carbocycles. The molecule has 0 saturated heterocycles. The Morgan fingerprint density at radius 3 is 0.962 bits per heavy atom. The normalized spacial score (nSPS) is 7.54. The third kappa shape index (κ3) is 17.0. The van der Waals surface area contributed by atoms with E-state index >= 15 is 0 Å². The summed E-state index contributed by atoms with van der Waals surface area (Å²) < 4.78 is 0. The van der Waals surface area contributed by atoms with Gasteiger partial charge in [-0.15, -0.1) is 0 Å². The summed E-state index contributed by atoms with van der Waals surface area (Å²) in [5.41, 5.74) is 1.47. The number of ketones is 1. The van der Waals surface area contributed by atoms with Crippen molar-refractivity contribution in [3.8, 4) is 0 Å². The van der Waals surface area contributed by atoms with Crippen LogP contribution in [0, 0.1) is 0 Å². The minimum Gasteiger partial charge on any atom is -0.289 e. The molecule has 1 nitrogen and oxygen atoms in total. The molecule has 0 atom stereocenters. The van der Waals surface area contributed by atoms with Crippen LogP contribution in [0.5, 0.6) is 0 Å². The van der Waals surface area contributed by atoms with Crippen LogP contribution in [-0.2, 0) is 0 Å². The first-order valence-corrected chi connectivity index (χ1v) is 8.35. The lowest BCUT2D eigenvalue weighted by Crippen LogP contribution is -1.99. The van der Waals surface area contributed by atoms with Gasteiger partial charge in [0.25, 0.3) is 0 Å². The van der Waals surface area contributed by atoms with Crippen molar-refractivity contribution in [2.24, 2.45) is 0 Å². The minimum absolute atomic E-state index is 0. The van der Waals surface area contributed by atoms with Gasteiger partial charge in [0.2, 0.25) is 0 Å². The predicted octanol–water partition coefficient (Wildman–Crippen LogP) is 9.07. The molecule has 0 aliphatic carbocycles. The Bertz CT molecular complexity index is 425. The Morgan fingerprint density at radius 2 is 0.769 bits per heavy atom. The van der Waals surface area contributed by atoms with Gasteiger partial charge in [-0.1, -0.05) is 144 Å². The highest BCUT2D eigenvalue weighted by atomic mass is 16.1. The zero-order chi connectivity index (χ0) is 16.6. The van der Waals surface area contributed by atoms with E-state index in [1.54, 1.807) is 0 Å². The molecule has 0 spiro atoms. The van der Waals surface area contributed by atoms with Gasteiger partial charge < -0.3 is 0 Å². The number of carbonyl (C=O) groups is 1. The average molecular weight is 363 g/mol. The molecule has 1 heteroatoms. The van der Waals surface area contributed by atoms with Crippen molar-refractivity contribution in [3.63, 3.8) is 0 Å². The predicted molar refractivity (Wildman–Crippen MR) is 124 cm³/mol. The fraction of sp³-hybridized carbons (Fsp3) is 0.480. The molecular formula is C25H46O. The number of unbranched alkanes of at least 4 members (excludes halogenated alkanes) is 2. The second-order valence-corrected chi connectivity index (χ2v) is 5.06. The van der Waals surface area contributed by atoms with Gasteiger partial charge in [0, 0.05) is 11.1 Å². The number of hydrogen-bond acceptors (Lipinski definition) is 1. The molecule has 0 N–H and O–H groups in total. The Kier molecular flexibility index (Phi) is 34.4. The molecule has 26 heavy (non-hydrogen) atoms. The molecule has 0 radical (unpaired) electrons. The molecule has 0 fully saturated rings. The van der Waals surface area contributed by atoms with Crippen LogP contribution in [0.25, 0.3) is 0 Å². The third-order valence-electron chi connectivity index (χ3n) is 3.07. The second-order valence-electron chi connectivity index (χ2n) is 5.06. The Balaban J connectivity index is -0.000000107. The van der Waals surface area contributed by atoms with Crippen LogP contribution in [0.3, 0.4) is 0 Å². The van der Waals surface area contributed by atoms with Gasteiger partial charge >= 0.3 is 0 Å². The molecule has 0 aliphatic rings. The Labute approximate surface area is 165 Å². The molecule has 0 aromatic heterocycles. The first-order valence-electron chi connectivity index (χ1n) is 8.35. The van der Waals surface area contributed by atoms with Crippen LogP contribution in [0.1, 0.15) is 99.0 Å². The SMILES string of the molecule is C.C.C.C.CCCC.CCCC.O=C(c1ccccc1)c1ccccc1. The van der Waals surface area contributed by atoms with Crippen LogP contribution in [0.4, 0.5) is 0 Å². The maximum absolute atomic E-state index is 11.8. The monoisotopic (exact) mass is 362 g/mol. The number of benzene rings is 2. The Hall–Kier alpha value is -1.89. The summed E-state index contributed by atoms with van der Waals surface area (Å²) >= 11 is 0. The number of rotatable bonds is 4. The largest absolute Gasteiger partial charge is 0.289 e. The van der Waals surface area contributed by atoms with Crippen molar-refractivity contribution >= 4 is 5.78 Å². The molecule has 0 heterocycles. The first kappa shape index (κ1) is 35.3. The molecule has 2 aromatic rings. The average Bonchev–Trinajstić information content (AvgIpc) is 2.63. The van der Waals surface area contributed by atoms with E-state index in [-0.39, 0.29) is 35.5 Å². The van der Waals surface area contributed by atoms with E-state index in [0.29, 0.717) is 0 Å². The smallest absolute Gasteiger partial charge is 0.193 e. The molecular weight excluding hydrogens is 316 g/mol. The lowest BCUT2D eigenvalue weighted by molar-refractivity contribution is 0.103. The van der Waals surface area contributed by atoms with Gasteiger partial charge in [-0.05, 0) is 0 Å². The lowest BCUT2D eigenvalue weighted by atomic mass is 10.0. The highest BCUT2D eigenvalue weighted by Gasteiger charge is 2.06. The lowest BCUT2D eigenvalue weighted by Gasteiger charge is -1.99. The zero-order valence-electron chi connectivity index (χ0n) is 14.5. The van der Waals surface area contributed by atoms with Gasteiger partial charge in [0.05, 0.1) is 0 Å². The van der Waals surface area contributed by atoms with E-state index in [2.05, 4.69) is 27.7 Å².